The van der Waals surface area contributed by atoms with E-state index in [1.54, 1.807) is 0 Å². The van der Waals surface area contributed by atoms with Crippen molar-refractivity contribution in [2.75, 3.05) is 18.0 Å². The molecule has 0 radical (unpaired) electrons. The van der Waals surface area contributed by atoms with Gasteiger partial charge in [0, 0.05) is 30.8 Å². The molecule has 6 nitrogen and oxygen atoms in total. The first-order valence-electron chi connectivity index (χ1n) is 11.3. The van der Waals surface area contributed by atoms with Gasteiger partial charge in [-0.25, -0.2) is 8.78 Å². The number of piperidine rings is 1. The molecule has 0 spiro atoms. The van der Waals surface area contributed by atoms with Crippen LogP contribution in [0.3, 0.4) is 0 Å². The molecule has 2 aliphatic heterocycles. The van der Waals surface area contributed by atoms with Crippen LogP contribution in [-0.2, 0) is 14.4 Å². The van der Waals surface area contributed by atoms with Crippen LogP contribution in [0.5, 0.6) is 0 Å². The monoisotopic (exact) mass is 445 g/mol. The molecule has 32 heavy (non-hydrogen) atoms. The van der Waals surface area contributed by atoms with Crippen molar-refractivity contribution < 1.29 is 23.2 Å². The highest BCUT2D eigenvalue weighted by Gasteiger charge is 2.74. The van der Waals surface area contributed by atoms with Gasteiger partial charge in [0.15, 0.2) is 0 Å². The van der Waals surface area contributed by atoms with Crippen molar-refractivity contribution in [3.05, 3.63) is 29.3 Å². The first-order valence-corrected chi connectivity index (χ1v) is 11.3. The van der Waals surface area contributed by atoms with Gasteiger partial charge in [-0.15, -0.1) is 0 Å². The van der Waals surface area contributed by atoms with Crippen molar-refractivity contribution in [2.24, 2.45) is 16.2 Å². The standard InChI is InChI=1S/C24H29F2N3O3/c1-22(2,3)24-10-23(11-24,12-24)21(32)27-13-8-29(9-13)14-6-16(25)19(17(26)7-14)15-4-5-18(30)28-20(15)31/h6-7,13,15H,4-5,8-12H2,1-3H3,(H,27,32)(H,28,30,31). The third-order valence-electron chi connectivity index (χ3n) is 8.34. The number of nitrogens with one attached hydrogen (secondary N) is 2. The van der Waals surface area contributed by atoms with Gasteiger partial charge in [-0.3, -0.25) is 19.7 Å². The minimum absolute atomic E-state index is 0.0388. The molecule has 1 atom stereocenters. The molecule has 5 aliphatic rings. The maximum absolute atomic E-state index is 14.7. The predicted molar refractivity (Wildman–Crippen MR) is 114 cm³/mol. The Kier molecular flexibility index (Phi) is 4.50. The summed E-state index contributed by atoms with van der Waals surface area (Å²) < 4.78 is 29.5. The largest absolute Gasteiger partial charge is 0.367 e. The van der Waals surface area contributed by atoms with Crippen LogP contribution >= 0.6 is 0 Å². The number of imide groups is 1. The fraction of sp³-hybridized carbons (Fsp3) is 0.625. The first-order chi connectivity index (χ1) is 14.9. The van der Waals surface area contributed by atoms with Crippen LogP contribution in [0.15, 0.2) is 12.1 Å². The summed E-state index contributed by atoms with van der Waals surface area (Å²) in [5.41, 5.74) is 0.403. The summed E-state index contributed by atoms with van der Waals surface area (Å²) in [6, 6.07) is 2.42. The molecule has 3 amide bonds. The van der Waals surface area contributed by atoms with E-state index in [0.29, 0.717) is 24.2 Å². The van der Waals surface area contributed by atoms with Crippen LogP contribution in [0.4, 0.5) is 14.5 Å². The summed E-state index contributed by atoms with van der Waals surface area (Å²) in [6.45, 7) is 7.69. The summed E-state index contributed by atoms with van der Waals surface area (Å²) in [4.78, 5) is 37.9. The highest BCUT2D eigenvalue weighted by molar-refractivity contribution is 6.01. The Morgan fingerprint density at radius 1 is 1.12 bits per heavy atom. The summed E-state index contributed by atoms with van der Waals surface area (Å²) in [6.07, 6.45) is 2.99. The van der Waals surface area contributed by atoms with Crippen molar-refractivity contribution >= 4 is 23.4 Å². The minimum Gasteiger partial charge on any atom is -0.367 e. The molecule has 1 aromatic carbocycles. The zero-order valence-electron chi connectivity index (χ0n) is 18.7. The predicted octanol–water partition coefficient (Wildman–Crippen LogP) is 3.01. The average molecular weight is 446 g/mol. The van der Waals surface area contributed by atoms with Gasteiger partial charge in [0.05, 0.1) is 17.4 Å². The third-order valence-corrected chi connectivity index (χ3v) is 8.34. The third kappa shape index (κ3) is 3.05. The molecule has 2 N–H and O–H groups in total. The van der Waals surface area contributed by atoms with Gasteiger partial charge < -0.3 is 10.2 Å². The van der Waals surface area contributed by atoms with Gasteiger partial charge in [0.1, 0.15) is 11.6 Å². The summed E-state index contributed by atoms with van der Waals surface area (Å²) >= 11 is 0. The van der Waals surface area contributed by atoms with E-state index < -0.39 is 29.4 Å². The second-order valence-electron chi connectivity index (χ2n) is 11.2. The van der Waals surface area contributed by atoms with E-state index >= 15 is 0 Å². The van der Waals surface area contributed by atoms with Crippen LogP contribution in [0.25, 0.3) is 0 Å². The van der Waals surface area contributed by atoms with Crippen molar-refractivity contribution in [1.82, 2.24) is 10.6 Å². The zero-order valence-corrected chi connectivity index (χ0v) is 18.7. The minimum atomic E-state index is -1.00. The number of nitrogens with zero attached hydrogens (tertiary/aromatic N) is 1. The molecule has 2 heterocycles. The van der Waals surface area contributed by atoms with E-state index in [0.717, 1.165) is 19.3 Å². The SMILES string of the molecule is CC(C)(C)C12CC(C(=O)NC3CN(c4cc(F)c(C5CCC(=O)NC5=O)c(F)c4)C3)(C1)C2. The number of halogens is 2. The number of amides is 3. The Morgan fingerprint density at radius 2 is 1.72 bits per heavy atom. The van der Waals surface area contributed by atoms with Crippen LogP contribution in [0.1, 0.15) is 64.4 Å². The number of anilines is 1. The van der Waals surface area contributed by atoms with Gasteiger partial charge in [-0.1, -0.05) is 20.8 Å². The van der Waals surface area contributed by atoms with E-state index in [2.05, 4.69) is 31.4 Å². The van der Waals surface area contributed by atoms with Gasteiger partial charge in [0.2, 0.25) is 17.7 Å². The van der Waals surface area contributed by atoms with E-state index in [9.17, 15) is 23.2 Å². The van der Waals surface area contributed by atoms with Gasteiger partial charge >= 0.3 is 0 Å². The first kappa shape index (κ1) is 21.3. The normalized spacial score (nSPS) is 31.9. The molecule has 3 aliphatic carbocycles. The molecule has 2 bridgehead atoms. The molecular weight excluding hydrogens is 416 g/mol. The molecule has 172 valence electrons. The highest BCUT2D eigenvalue weighted by Crippen LogP contribution is 2.79. The lowest BCUT2D eigenvalue weighted by Crippen LogP contribution is -2.73. The number of hydrogen-bond donors (Lipinski definition) is 2. The zero-order chi connectivity index (χ0) is 23.1. The molecule has 6 rings (SSSR count). The van der Waals surface area contributed by atoms with Crippen molar-refractivity contribution in [3.63, 3.8) is 0 Å². The van der Waals surface area contributed by atoms with E-state index in [1.165, 1.54) is 12.1 Å². The Hall–Kier alpha value is -2.51. The molecule has 1 aromatic rings. The van der Waals surface area contributed by atoms with E-state index in [1.807, 2.05) is 4.90 Å². The van der Waals surface area contributed by atoms with Gasteiger partial charge in [-0.05, 0) is 48.6 Å². The molecule has 2 saturated heterocycles. The number of rotatable bonds is 4. The van der Waals surface area contributed by atoms with Gasteiger partial charge in [0.25, 0.3) is 0 Å². The van der Waals surface area contributed by atoms with Crippen molar-refractivity contribution in [1.29, 1.82) is 0 Å². The molecule has 3 saturated carbocycles. The lowest BCUT2D eigenvalue weighted by Gasteiger charge is -2.74. The van der Waals surface area contributed by atoms with Crippen molar-refractivity contribution in [2.45, 2.75) is 64.8 Å². The summed E-state index contributed by atoms with van der Waals surface area (Å²) in [7, 11) is 0. The average Bonchev–Trinajstić information content (AvgIpc) is 2.55. The van der Waals surface area contributed by atoms with Crippen LogP contribution in [0, 0.1) is 27.9 Å². The highest BCUT2D eigenvalue weighted by atomic mass is 19.1. The lowest BCUT2D eigenvalue weighted by molar-refractivity contribution is -0.249. The maximum atomic E-state index is 14.7. The Labute approximate surface area is 186 Å². The molecule has 8 heteroatoms. The molecule has 5 fully saturated rings. The Balaban J connectivity index is 1.18. The fourth-order valence-corrected chi connectivity index (χ4v) is 6.00. The number of hydrogen-bond acceptors (Lipinski definition) is 4. The van der Waals surface area contributed by atoms with E-state index in [4.69, 9.17) is 0 Å². The smallest absolute Gasteiger partial charge is 0.234 e. The molecule has 0 aromatic heterocycles. The topological polar surface area (TPSA) is 78.5 Å². The molecule has 1 unspecified atom stereocenters. The Bertz CT molecular complexity index is 983. The Morgan fingerprint density at radius 3 is 2.25 bits per heavy atom. The van der Waals surface area contributed by atoms with Crippen molar-refractivity contribution in [3.8, 4) is 0 Å². The summed E-state index contributed by atoms with van der Waals surface area (Å²) in [5, 5.41) is 5.25. The fourth-order valence-electron chi connectivity index (χ4n) is 6.00. The molecular formula is C24H29F2N3O3. The second kappa shape index (κ2) is 6.75. The van der Waals surface area contributed by atoms with Crippen LogP contribution in [-0.4, -0.2) is 36.9 Å². The number of benzene rings is 1. The number of carbonyl (C=O) groups excluding carboxylic acids is 3. The van der Waals surface area contributed by atoms with Crippen LogP contribution < -0.4 is 15.5 Å². The lowest BCUT2D eigenvalue weighted by atomic mass is 9.29. The maximum Gasteiger partial charge on any atom is 0.234 e. The van der Waals surface area contributed by atoms with E-state index in [-0.39, 0.29) is 41.2 Å². The second-order valence-corrected chi connectivity index (χ2v) is 11.2. The quantitative estimate of drug-likeness (QED) is 0.699. The number of carbonyl (C=O) groups is 3. The van der Waals surface area contributed by atoms with Crippen LogP contribution in [0.2, 0.25) is 0 Å². The summed E-state index contributed by atoms with van der Waals surface area (Å²) in [5.74, 6) is -3.56. The van der Waals surface area contributed by atoms with Gasteiger partial charge in [-0.2, -0.15) is 0 Å².